The van der Waals surface area contributed by atoms with Crippen molar-refractivity contribution in [3.05, 3.63) is 0 Å². The van der Waals surface area contributed by atoms with Crippen LogP contribution in [-0.4, -0.2) is 48.7 Å². The molecule has 0 bridgehead atoms. The number of nitrogens with one attached hydrogen (secondary N) is 1. The van der Waals surface area contributed by atoms with Gasteiger partial charge in [-0.25, -0.2) is 0 Å². The maximum Gasteiger partial charge on any atom is 0.0895 e. The third-order valence-corrected chi connectivity index (χ3v) is 2.56. The summed E-state index contributed by atoms with van der Waals surface area (Å²) in [5, 5.41) is 20.9. The molecule has 1 aliphatic heterocycles. The van der Waals surface area contributed by atoms with E-state index in [2.05, 4.69) is 12.2 Å². The van der Waals surface area contributed by atoms with Crippen molar-refractivity contribution < 1.29 is 14.9 Å². The van der Waals surface area contributed by atoms with E-state index in [0.29, 0.717) is 18.5 Å². The summed E-state index contributed by atoms with van der Waals surface area (Å²) in [4.78, 5) is 0. The van der Waals surface area contributed by atoms with Gasteiger partial charge in [-0.05, 0) is 19.3 Å². The number of aliphatic hydroxyl groups excluding tert-OH is 2. The molecule has 4 nitrogen and oxygen atoms in total. The molecule has 1 aliphatic rings. The zero-order valence-corrected chi connectivity index (χ0v) is 8.07. The maximum absolute atomic E-state index is 9.11. The van der Waals surface area contributed by atoms with E-state index in [-0.39, 0.29) is 6.61 Å². The lowest BCUT2D eigenvalue weighted by molar-refractivity contribution is 0.0894. The van der Waals surface area contributed by atoms with Gasteiger partial charge in [0.1, 0.15) is 0 Å². The van der Waals surface area contributed by atoms with Crippen molar-refractivity contribution in [2.75, 3.05) is 26.4 Å². The molecule has 13 heavy (non-hydrogen) atoms. The zero-order chi connectivity index (χ0) is 9.68. The molecule has 4 heteroatoms. The fraction of sp³-hybridized carbons (Fsp3) is 1.00. The van der Waals surface area contributed by atoms with Crippen molar-refractivity contribution in [2.45, 2.75) is 25.5 Å². The lowest BCUT2D eigenvalue weighted by Gasteiger charge is -2.20. The fourth-order valence-electron chi connectivity index (χ4n) is 1.50. The molecule has 0 aromatic rings. The van der Waals surface area contributed by atoms with Crippen LogP contribution in [-0.2, 0) is 4.74 Å². The minimum atomic E-state index is -0.648. The van der Waals surface area contributed by atoms with E-state index in [0.717, 1.165) is 19.6 Å². The van der Waals surface area contributed by atoms with Gasteiger partial charge in [0.2, 0.25) is 0 Å². The SMILES string of the molecule is CC(NCC(O)CO)C1CCOC1. The van der Waals surface area contributed by atoms with E-state index in [9.17, 15) is 0 Å². The molecule has 1 saturated heterocycles. The Morgan fingerprint density at radius 2 is 2.38 bits per heavy atom. The molecule has 0 aromatic carbocycles. The van der Waals surface area contributed by atoms with Crippen LogP contribution in [0.5, 0.6) is 0 Å². The fourth-order valence-corrected chi connectivity index (χ4v) is 1.50. The van der Waals surface area contributed by atoms with E-state index >= 15 is 0 Å². The summed E-state index contributed by atoms with van der Waals surface area (Å²) in [5.74, 6) is 0.547. The van der Waals surface area contributed by atoms with Gasteiger partial charge in [-0.3, -0.25) is 0 Å². The van der Waals surface area contributed by atoms with Crippen molar-refractivity contribution in [1.29, 1.82) is 0 Å². The smallest absolute Gasteiger partial charge is 0.0895 e. The van der Waals surface area contributed by atoms with E-state index in [1.54, 1.807) is 0 Å². The molecule has 0 radical (unpaired) electrons. The standard InChI is InChI=1S/C9H19NO3/c1-7(8-2-3-13-6-8)10-4-9(12)5-11/h7-12H,2-6H2,1H3. The van der Waals surface area contributed by atoms with Crippen molar-refractivity contribution in [3.63, 3.8) is 0 Å². The Kier molecular flexibility index (Phi) is 4.66. The first-order valence-electron chi connectivity index (χ1n) is 4.84. The van der Waals surface area contributed by atoms with Crippen LogP contribution < -0.4 is 5.32 Å². The molecule has 0 amide bonds. The van der Waals surface area contributed by atoms with Crippen molar-refractivity contribution in [2.24, 2.45) is 5.92 Å². The van der Waals surface area contributed by atoms with Gasteiger partial charge in [-0.2, -0.15) is 0 Å². The minimum Gasteiger partial charge on any atom is -0.394 e. The average Bonchev–Trinajstić information content (AvgIpc) is 2.66. The van der Waals surface area contributed by atoms with Gasteiger partial charge in [0.05, 0.1) is 19.3 Å². The summed E-state index contributed by atoms with van der Waals surface area (Å²) in [6, 6.07) is 0.351. The lowest BCUT2D eigenvalue weighted by Crippen LogP contribution is -2.39. The van der Waals surface area contributed by atoms with Crippen LogP contribution in [0.15, 0.2) is 0 Å². The van der Waals surface area contributed by atoms with Crippen LogP contribution in [0.1, 0.15) is 13.3 Å². The van der Waals surface area contributed by atoms with E-state index in [1.807, 2.05) is 0 Å². The number of rotatable bonds is 5. The number of hydrogen-bond donors (Lipinski definition) is 3. The van der Waals surface area contributed by atoms with Crippen molar-refractivity contribution >= 4 is 0 Å². The van der Waals surface area contributed by atoms with Crippen LogP contribution in [0.25, 0.3) is 0 Å². The Hall–Kier alpha value is -0.160. The van der Waals surface area contributed by atoms with Crippen LogP contribution in [0.2, 0.25) is 0 Å². The van der Waals surface area contributed by atoms with Gasteiger partial charge in [-0.1, -0.05) is 0 Å². The second-order valence-corrected chi connectivity index (χ2v) is 3.66. The van der Waals surface area contributed by atoms with Crippen molar-refractivity contribution in [3.8, 4) is 0 Å². The normalized spacial score (nSPS) is 27.5. The highest BCUT2D eigenvalue weighted by molar-refractivity contribution is 4.76. The van der Waals surface area contributed by atoms with Gasteiger partial charge in [0, 0.05) is 19.2 Å². The Balaban J connectivity index is 2.12. The second kappa shape index (κ2) is 5.54. The Morgan fingerprint density at radius 3 is 2.92 bits per heavy atom. The first-order valence-corrected chi connectivity index (χ1v) is 4.84. The quantitative estimate of drug-likeness (QED) is 0.538. The predicted molar refractivity (Wildman–Crippen MR) is 49.5 cm³/mol. The highest BCUT2D eigenvalue weighted by Crippen LogP contribution is 2.15. The number of hydrogen-bond acceptors (Lipinski definition) is 4. The van der Waals surface area contributed by atoms with Crippen LogP contribution in [0.4, 0.5) is 0 Å². The molecule has 1 rings (SSSR count). The van der Waals surface area contributed by atoms with Crippen molar-refractivity contribution in [1.82, 2.24) is 5.32 Å². The topological polar surface area (TPSA) is 61.7 Å². The minimum absolute atomic E-state index is 0.180. The molecule has 1 heterocycles. The summed E-state index contributed by atoms with van der Waals surface area (Å²) < 4.78 is 5.26. The molecule has 0 aromatic heterocycles. The average molecular weight is 189 g/mol. The van der Waals surface area contributed by atoms with Gasteiger partial charge in [0.15, 0.2) is 0 Å². The summed E-state index contributed by atoms with van der Waals surface area (Å²) in [5.41, 5.74) is 0. The van der Waals surface area contributed by atoms with Gasteiger partial charge in [0.25, 0.3) is 0 Å². The molecule has 0 spiro atoms. The molecular weight excluding hydrogens is 170 g/mol. The molecule has 3 unspecified atom stereocenters. The second-order valence-electron chi connectivity index (χ2n) is 3.66. The zero-order valence-electron chi connectivity index (χ0n) is 8.07. The molecule has 0 saturated carbocycles. The van der Waals surface area contributed by atoms with Crippen LogP contribution >= 0.6 is 0 Å². The Labute approximate surface area is 78.9 Å². The molecule has 3 atom stereocenters. The monoisotopic (exact) mass is 189 g/mol. The predicted octanol–water partition coefficient (Wildman–Crippen LogP) is -0.646. The number of ether oxygens (including phenoxy) is 1. The van der Waals surface area contributed by atoms with Crippen LogP contribution in [0, 0.1) is 5.92 Å². The largest absolute Gasteiger partial charge is 0.394 e. The van der Waals surface area contributed by atoms with E-state index in [1.165, 1.54) is 0 Å². The van der Waals surface area contributed by atoms with E-state index < -0.39 is 6.10 Å². The summed E-state index contributed by atoms with van der Waals surface area (Å²) in [6.45, 7) is 4.02. The highest BCUT2D eigenvalue weighted by Gasteiger charge is 2.22. The summed E-state index contributed by atoms with van der Waals surface area (Å²) in [6.07, 6.45) is 0.438. The van der Waals surface area contributed by atoms with Gasteiger partial charge in [-0.15, -0.1) is 0 Å². The molecule has 3 N–H and O–H groups in total. The van der Waals surface area contributed by atoms with Gasteiger partial charge < -0.3 is 20.3 Å². The molecular formula is C9H19NO3. The highest BCUT2D eigenvalue weighted by atomic mass is 16.5. The van der Waals surface area contributed by atoms with E-state index in [4.69, 9.17) is 14.9 Å². The number of aliphatic hydroxyl groups is 2. The van der Waals surface area contributed by atoms with Gasteiger partial charge >= 0.3 is 0 Å². The Bertz CT molecular complexity index is 137. The third-order valence-electron chi connectivity index (χ3n) is 2.56. The lowest BCUT2D eigenvalue weighted by atomic mass is 10.0. The third kappa shape index (κ3) is 3.60. The van der Waals surface area contributed by atoms with Crippen LogP contribution in [0.3, 0.4) is 0 Å². The Morgan fingerprint density at radius 1 is 1.62 bits per heavy atom. The first-order chi connectivity index (χ1) is 6.24. The first kappa shape index (κ1) is 10.9. The summed E-state index contributed by atoms with van der Waals surface area (Å²) in [7, 11) is 0. The molecule has 0 aliphatic carbocycles. The summed E-state index contributed by atoms with van der Waals surface area (Å²) >= 11 is 0. The molecule has 78 valence electrons. The maximum atomic E-state index is 9.11. The molecule has 1 fully saturated rings.